The molecular weight excluding hydrogens is 308 g/mol. The van der Waals surface area contributed by atoms with Gasteiger partial charge in [0.25, 0.3) is 0 Å². The second-order valence-corrected chi connectivity index (χ2v) is 7.96. The lowest BCUT2D eigenvalue weighted by Gasteiger charge is -2.26. The number of fused-ring (bicyclic) bond motifs is 1. The van der Waals surface area contributed by atoms with E-state index in [1.54, 1.807) is 13.1 Å². The van der Waals surface area contributed by atoms with E-state index < -0.39 is 10.0 Å². The number of benzene rings is 2. The summed E-state index contributed by atoms with van der Waals surface area (Å²) in [6.07, 6.45) is 0.950. The molecular formula is C18H22N2O2S. The fraction of sp³-hybridized carbons (Fsp3) is 0.333. The molecule has 0 aliphatic carbocycles. The topological polar surface area (TPSA) is 49.4 Å². The van der Waals surface area contributed by atoms with Crippen LogP contribution in [0.1, 0.15) is 29.7 Å². The summed E-state index contributed by atoms with van der Waals surface area (Å²) in [4.78, 5) is 0.366. The van der Waals surface area contributed by atoms with Gasteiger partial charge >= 0.3 is 0 Å². The predicted molar refractivity (Wildman–Crippen MR) is 91.7 cm³/mol. The van der Waals surface area contributed by atoms with E-state index in [-0.39, 0.29) is 6.04 Å². The van der Waals surface area contributed by atoms with Crippen molar-refractivity contribution in [2.75, 3.05) is 13.6 Å². The Bertz CT molecular complexity index is 788. The van der Waals surface area contributed by atoms with Crippen molar-refractivity contribution in [3.63, 3.8) is 0 Å². The third-order valence-electron chi connectivity index (χ3n) is 4.57. The zero-order chi connectivity index (χ0) is 16.4. The maximum atomic E-state index is 12.9. The normalized spacial score (nSPS) is 16.1. The molecule has 23 heavy (non-hydrogen) atoms. The van der Waals surface area contributed by atoms with Gasteiger partial charge in [-0.05, 0) is 48.7 Å². The summed E-state index contributed by atoms with van der Waals surface area (Å²) < 4.78 is 27.3. The van der Waals surface area contributed by atoms with Crippen molar-refractivity contribution in [1.29, 1.82) is 0 Å². The second-order valence-electron chi connectivity index (χ2n) is 5.97. The number of hydrogen-bond acceptors (Lipinski definition) is 3. The van der Waals surface area contributed by atoms with Crippen LogP contribution in [-0.4, -0.2) is 26.3 Å². The molecule has 0 unspecified atom stereocenters. The molecule has 2 aromatic carbocycles. The van der Waals surface area contributed by atoms with E-state index in [1.807, 2.05) is 49.4 Å². The highest BCUT2D eigenvalue weighted by Gasteiger charge is 2.27. The standard InChI is InChI=1S/C18H22N2O2S/c1-14(15-6-4-3-5-7-15)20(2)23(21,22)18-9-8-16-10-11-19-13-17(16)12-18/h3-9,12,14,19H,10-11,13H2,1-2H3/t14-/m0/s1. The average molecular weight is 330 g/mol. The smallest absolute Gasteiger partial charge is 0.243 e. The Morgan fingerprint density at radius 1 is 1.09 bits per heavy atom. The van der Waals surface area contributed by atoms with Crippen molar-refractivity contribution in [3.05, 3.63) is 65.2 Å². The number of nitrogens with one attached hydrogen (secondary N) is 1. The highest BCUT2D eigenvalue weighted by molar-refractivity contribution is 7.89. The highest BCUT2D eigenvalue weighted by Crippen LogP contribution is 2.27. The molecule has 1 N–H and O–H groups in total. The Kier molecular flexibility index (Phi) is 4.53. The van der Waals surface area contributed by atoms with Crippen LogP contribution >= 0.6 is 0 Å². The van der Waals surface area contributed by atoms with Gasteiger partial charge in [0.05, 0.1) is 4.90 Å². The maximum Gasteiger partial charge on any atom is 0.243 e. The monoisotopic (exact) mass is 330 g/mol. The van der Waals surface area contributed by atoms with Crippen LogP contribution in [-0.2, 0) is 23.0 Å². The fourth-order valence-corrected chi connectivity index (χ4v) is 4.33. The van der Waals surface area contributed by atoms with Gasteiger partial charge in [-0.1, -0.05) is 36.4 Å². The molecule has 0 fully saturated rings. The molecule has 0 spiro atoms. The largest absolute Gasteiger partial charge is 0.312 e. The molecule has 0 amide bonds. The quantitative estimate of drug-likeness (QED) is 0.938. The van der Waals surface area contributed by atoms with E-state index in [4.69, 9.17) is 0 Å². The van der Waals surface area contributed by atoms with E-state index in [1.165, 1.54) is 9.87 Å². The lowest BCUT2D eigenvalue weighted by molar-refractivity contribution is 0.398. The van der Waals surface area contributed by atoms with Gasteiger partial charge in [-0.2, -0.15) is 4.31 Å². The first-order valence-corrected chi connectivity index (χ1v) is 9.29. The Labute approximate surface area is 138 Å². The van der Waals surface area contributed by atoms with Gasteiger partial charge in [0.15, 0.2) is 0 Å². The van der Waals surface area contributed by atoms with Crippen molar-refractivity contribution in [1.82, 2.24) is 9.62 Å². The fourth-order valence-electron chi connectivity index (χ4n) is 2.93. The Morgan fingerprint density at radius 3 is 2.57 bits per heavy atom. The summed E-state index contributed by atoms with van der Waals surface area (Å²) in [5.74, 6) is 0. The van der Waals surface area contributed by atoms with E-state index >= 15 is 0 Å². The van der Waals surface area contributed by atoms with Crippen LogP contribution in [0.2, 0.25) is 0 Å². The van der Waals surface area contributed by atoms with Gasteiger partial charge in [-0.3, -0.25) is 0 Å². The van der Waals surface area contributed by atoms with E-state index in [0.717, 1.165) is 30.6 Å². The molecule has 0 radical (unpaired) electrons. The summed E-state index contributed by atoms with van der Waals surface area (Å²) in [6, 6.07) is 15.0. The molecule has 2 aromatic rings. The number of nitrogens with zero attached hydrogens (tertiary/aromatic N) is 1. The van der Waals surface area contributed by atoms with Crippen molar-refractivity contribution in [3.8, 4) is 0 Å². The van der Waals surface area contributed by atoms with Crippen molar-refractivity contribution in [2.24, 2.45) is 0 Å². The maximum absolute atomic E-state index is 12.9. The van der Waals surface area contributed by atoms with Crippen LogP contribution in [0.25, 0.3) is 0 Å². The molecule has 4 nitrogen and oxygen atoms in total. The zero-order valence-electron chi connectivity index (χ0n) is 13.5. The minimum Gasteiger partial charge on any atom is -0.312 e. The molecule has 5 heteroatoms. The second kappa shape index (κ2) is 6.43. The number of sulfonamides is 1. The van der Waals surface area contributed by atoms with Crippen LogP contribution < -0.4 is 5.32 Å². The van der Waals surface area contributed by atoms with Crippen molar-refractivity contribution in [2.45, 2.75) is 30.8 Å². The molecule has 0 bridgehead atoms. The van der Waals surface area contributed by atoms with Gasteiger partial charge in [-0.25, -0.2) is 8.42 Å². The number of hydrogen-bond donors (Lipinski definition) is 1. The first-order chi connectivity index (χ1) is 11.0. The highest BCUT2D eigenvalue weighted by atomic mass is 32.2. The van der Waals surface area contributed by atoms with Gasteiger partial charge in [0.1, 0.15) is 0 Å². The molecule has 0 aromatic heterocycles. The summed E-state index contributed by atoms with van der Waals surface area (Å²) in [7, 11) is -1.87. The average Bonchev–Trinajstić information content (AvgIpc) is 2.60. The molecule has 3 rings (SSSR count). The molecule has 1 aliphatic heterocycles. The molecule has 0 saturated carbocycles. The molecule has 122 valence electrons. The lowest BCUT2D eigenvalue weighted by Crippen LogP contribution is -2.30. The minimum atomic E-state index is -3.51. The molecule has 0 saturated heterocycles. The summed E-state index contributed by atoms with van der Waals surface area (Å²) in [5, 5.41) is 3.29. The Morgan fingerprint density at radius 2 is 1.83 bits per heavy atom. The first-order valence-electron chi connectivity index (χ1n) is 7.85. The predicted octanol–water partition coefficient (Wildman–Crippen LogP) is 2.71. The SMILES string of the molecule is C[C@@H](c1ccccc1)N(C)S(=O)(=O)c1ccc2c(c1)CNCC2. The summed E-state index contributed by atoms with van der Waals surface area (Å²) >= 11 is 0. The first kappa shape index (κ1) is 16.2. The number of rotatable bonds is 4. The Balaban J connectivity index is 1.91. The van der Waals surface area contributed by atoms with Gasteiger partial charge in [0, 0.05) is 19.6 Å². The van der Waals surface area contributed by atoms with Crippen LogP contribution in [0.4, 0.5) is 0 Å². The van der Waals surface area contributed by atoms with Gasteiger partial charge < -0.3 is 5.32 Å². The summed E-state index contributed by atoms with van der Waals surface area (Å²) in [5.41, 5.74) is 3.30. The van der Waals surface area contributed by atoms with Crippen molar-refractivity contribution < 1.29 is 8.42 Å². The van der Waals surface area contributed by atoms with Crippen LogP contribution in [0, 0.1) is 0 Å². The third-order valence-corrected chi connectivity index (χ3v) is 6.49. The zero-order valence-corrected chi connectivity index (χ0v) is 14.3. The van der Waals surface area contributed by atoms with Crippen LogP contribution in [0.3, 0.4) is 0 Å². The van der Waals surface area contributed by atoms with Crippen LogP contribution in [0.5, 0.6) is 0 Å². The molecule has 1 aliphatic rings. The summed E-state index contributed by atoms with van der Waals surface area (Å²) in [6.45, 7) is 3.59. The van der Waals surface area contributed by atoms with Crippen LogP contribution in [0.15, 0.2) is 53.4 Å². The Hall–Kier alpha value is -1.69. The van der Waals surface area contributed by atoms with Gasteiger partial charge in [0.2, 0.25) is 10.0 Å². The van der Waals surface area contributed by atoms with E-state index in [0.29, 0.717) is 4.90 Å². The van der Waals surface area contributed by atoms with E-state index in [2.05, 4.69) is 5.32 Å². The lowest BCUT2D eigenvalue weighted by atomic mass is 10.0. The minimum absolute atomic E-state index is 0.213. The van der Waals surface area contributed by atoms with E-state index in [9.17, 15) is 8.42 Å². The molecule has 1 heterocycles. The van der Waals surface area contributed by atoms with Gasteiger partial charge in [-0.15, -0.1) is 0 Å². The van der Waals surface area contributed by atoms with Crippen molar-refractivity contribution >= 4 is 10.0 Å². The molecule has 1 atom stereocenters. The third kappa shape index (κ3) is 3.17.